The summed E-state index contributed by atoms with van der Waals surface area (Å²) in [5.74, 6) is -6.85. The van der Waals surface area contributed by atoms with Crippen LogP contribution in [0.2, 0.25) is 0 Å². The zero-order valence-electron chi connectivity index (χ0n) is 31.3. The third-order valence-electron chi connectivity index (χ3n) is 9.71. The highest BCUT2D eigenvalue weighted by molar-refractivity contribution is 8.14. The maximum absolute atomic E-state index is 14.3. The van der Waals surface area contributed by atoms with Crippen molar-refractivity contribution < 1.29 is 48.9 Å². The first-order valence-corrected chi connectivity index (χ1v) is 19.0. The Morgan fingerprint density at radius 1 is 0.873 bits per heavy atom. The number of carbonyl (C=O) groups is 7. The number of nitrogens with two attached hydrogens (primary N) is 1. The molecule has 2 bridgehead atoms. The lowest BCUT2D eigenvalue weighted by molar-refractivity contribution is -0.144. The van der Waals surface area contributed by atoms with E-state index >= 15 is 0 Å². The van der Waals surface area contributed by atoms with Crippen LogP contribution >= 0.6 is 11.8 Å². The number of aliphatic hydroxyl groups is 3. The Balaban J connectivity index is 1.92. The highest BCUT2D eigenvalue weighted by Crippen LogP contribution is 2.41. The number of aliphatic imine (C=N–C) groups is 1. The summed E-state index contributed by atoms with van der Waals surface area (Å²) in [6, 6.07) is -2.75. The third kappa shape index (κ3) is 10.6. The number of hydrogen-bond donors (Lipinski definition) is 10. The van der Waals surface area contributed by atoms with E-state index < -0.39 is 114 Å². The van der Waals surface area contributed by atoms with Gasteiger partial charge < -0.3 is 57.9 Å². The van der Waals surface area contributed by atoms with Gasteiger partial charge in [-0.25, -0.2) is 4.99 Å². The maximum Gasteiger partial charge on any atom is 0.246 e. The van der Waals surface area contributed by atoms with E-state index in [4.69, 9.17) is 10.7 Å². The van der Waals surface area contributed by atoms with Gasteiger partial charge in [0.2, 0.25) is 41.4 Å². The average Bonchev–Trinajstić information content (AvgIpc) is 3.48. The lowest BCUT2D eigenvalue weighted by atomic mass is 9.92. The Morgan fingerprint density at radius 3 is 2.13 bits per heavy atom. The second kappa shape index (κ2) is 18.3. The lowest BCUT2D eigenvalue weighted by Crippen LogP contribution is -2.62. The van der Waals surface area contributed by atoms with Crippen LogP contribution in [0.5, 0.6) is 0 Å². The second-order valence-electron chi connectivity index (χ2n) is 14.3. The molecule has 4 rings (SSSR count). The smallest absolute Gasteiger partial charge is 0.246 e. The molecule has 7 amide bonds. The van der Waals surface area contributed by atoms with Gasteiger partial charge in [-0.2, -0.15) is 0 Å². The van der Waals surface area contributed by atoms with Gasteiger partial charge in [-0.05, 0) is 52.7 Å². The summed E-state index contributed by atoms with van der Waals surface area (Å²) in [5.41, 5.74) is 5.32. The summed E-state index contributed by atoms with van der Waals surface area (Å²) < 4.78 is 0. The van der Waals surface area contributed by atoms with Crippen LogP contribution in [0, 0.1) is 0 Å². The molecule has 11 N–H and O–H groups in total. The van der Waals surface area contributed by atoms with E-state index in [2.05, 4.69) is 31.9 Å². The SMILES string of the molecule is CC1C(=O)N[C@@H](C)C(=O)N[C@H]2CC3C(=Nc4ccccc43)SCC(NC(=O)C([C@H](C)O)NC(=O)[C@@H](C)NC(=O)[C@H](C[C@@](C)(O)CN)NC2=O)C(=O)N1CCO. The largest absolute Gasteiger partial charge is 0.395 e. The molecule has 55 heavy (non-hydrogen) atoms. The Bertz CT molecular complexity index is 1690. The molecule has 0 saturated carbocycles. The van der Waals surface area contributed by atoms with Crippen LogP contribution in [0.3, 0.4) is 0 Å². The molecule has 3 aliphatic rings. The Morgan fingerprint density at radius 2 is 1.49 bits per heavy atom. The highest BCUT2D eigenvalue weighted by atomic mass is 32.2. The highest BCUT2D eigenvalue weighted by Gasteiger charge is 2.41. The molecular weight excluding hydrogens is 739 g/mol. The van der Waals surface area contributed by atoms with Gasteiger partial charge in [0.1, 0.15) is 42.3 Å². The molecule has 3 heterocycles. The zero-order chi connectivity index (χ0) is 40.8. The number of hydrogen-bond acceptors (Lipinski definition) is 13. The van der Waals surface area contributed by atoms with Crippen molar-refractivity contribution in [2.24, 2.45) is 10.7 Å². The summed E-state index contributed by atoms with van der Waals surface area (Å²) in [6.07, 6.45) is -2.04. The number of benzene rings is 1. The number of para-hydroxylation sites is 1. The van der Waals surface area contributed by atoms with Gasteiger partial charge in [0, 0.05) is 31.2 Å². The normalized spacial score (nSPS) is 30.5. The van der Waals surface area contributed by atoms with Crippen molar-refractivity contribution in [2.75, 3.05) is 25.4 Å². The van der Waals surface area contributed by atoms with Crippen molar-refractivity contribution in [2.45, 2.75) is 107 Å². The molecule has 0 radical (unpaired) electrons. The summed E-state index contributed by atoms with van der Waals surface area (Å²) in [5, 5.41) is 47.1. The van der Waals surface area contributed by atoms with Crippen LogP contribution in [-0.2, 0) is 33.6 Å². The Labute approximate surface area is 322 Å². The maximum atomic E-state index is 14.3. The minimum Gasteiger partial charge on any atom is -0.395 e. The number of nitrogens with zero attached hydrogens (tertiary/aromatic N) is 2. The molecule has 2 fully saturated rings. The van der Waals surface area contributed by atoms with Crippen molar-refractivity contribution in [1.82, 2.24) is 36.8 Å². The fourth-order valence-electron chi connectivity index (χ4n) is 6.35. The predicted octanol–water partition coefficient (Wildman–Crippen LogP) is -3.40. The van der Waals surface area contributed by atoms with Crippen LogP contribution in [0.15, 0.2) is 29.3 Å². The van der Waals surface area contributed by atoms with Gasteiger partial charge in [-0.1, -0.05) is 18.2 Å². The fraction of sp³-hybridized carbons (Fsp3) is 0.600. The molecule has 19 nitrogen and oxygen atoms in total. The molecule has 10 atom stereocenters. The van der Waals surface area contributed by atoms with Crippen molar-refractivity contribution in [3.05, 3.63) is 29.8 Å². The number of β-amino-alcohol motifs (C(OH)–C–C–N with tert-alkyl or cyclic N) is 1. The molecule has 2 saturated heterocycles. The monoisotopic (exact) mass is 789 g/mol. The van der Waals surface area contributed by atoms with Crippen LogP contribution in [-0.4, -0.2) is 146 Å². The molecule has 1 aromatic rings. The van der Waals surface area contributed by atoms with Gasteiger partial charge in [-0.15, -0.1) is 11.8 Å². The van der Waals surface area contributed by atoms with Crippen LogP contribution in [0.4, 0.5) is 5.69 Å². The van der Waals surface area contributed by atoms with E-state index in [-0.39, 0.29) is 25.3 Å². The summed E-state index contributed by atoms with van der Waals surface area (Å²) in [7, 11) is 0. The number of aliphatic hydroxyl groups excluding tert-OH is 2. The number of fused-ring (bicyclic) bond motifs is 4. The van der Waals surface area contributed by atoms with E-state index in [1.807, 2.05) is 0 Å². The van der Waals surface area contributed by atoms with Gasteiger partial charge in [0.25, 0.3) is 0 Å². The first kappa shape index (κ1) is 43.1. The Hall–Kier alpha value is -4.63. The summed E-state index contributed by atoms with van der Waals surface area (Å²) >= 11 is 1.07. The van der Waals surface area contributed by atoms with Gasteiger partial charge in [-0.3, -0.25) is 33.6 Å². The average molecular weight is 790 g/mol. The third-order valence-corrected chi connectivity index (χ3v) is 10.9. The van der Waals surface area contributed by atoms with Gasteiger partial charge in [0.05, 0.1) is 29.0 Å². The van der Waals surface area contributed by atoms with Crippen LogP contribution in [0.1, 0.15) is 58.9 Å². The van der Waals surface area contributed by atoms with Gasteiger partial charge in [0.15, 0.2) is 0 Å². The predicted molar refractivity (Wildman–Crippen MR) is 201 cm³/mol. The fourth-order valence-corrected chi connectivity index (χ4v) is 7.51. The molecule has 3 aliphatic heterocycles. The van der Waals surface area contributed by atoms with Crippen molar-refractivity contribution in [3.63, 3.8) is 0 Å². The van der Waals surface area contributed by atoms with Crippen LogP contribution in [0.25, 0.3) is 0 Å². The standard InChI is InChI=1S/C35H51N9O10S/c1-16-27(47)39-23-12-21-20-8-6-7-9-22(20)42-33(21)55-14-25(34(53)44(10-11-45)18(3)29(49)37-16)41-32(52)26(19(4)46)43-28(48)17(2)38-31(51)24(40-30(23)50)13-35(5,54)15-36/h6-9,16-19,21,23-26,45-46,54H,10-15,36H2,1-5H3,(H,37,49)(H,38,51)(H,39,47)(H,40,50)(H,41,52)(H,43,48)/t16-,17+,18?,19-,21?,23-,24-,25?,26?,35+/m0/s1. The molecule has 0 spiro atoms. The second-order valence-corrected chi connectivity index (χ2v) is 15.4. The summed E-state index contributed by atoms with van der Waals surface area (Å²) in [4.78, 5) is 102. The number of thioether (sulfide) groups is 1. The molecule has 302 valence electrons. The molecule has 1 aromatic carbocycles. The first-order valence-electron chi connectivity index (χ1n) is 18.0. The molecular formula is C35H51N9O10S. The van der Waals surface area contributed by atoms with E-state index in [9.17, 15) is 48.9 Å². The van der Waals surface area contributed by atoms with Crippen molar-refractivity contribution >= 4 is 63.8 Å². The number of amides is 7. The van der Waals surface area contributed by atoms with E-state index in [1.165, 1.54) is 34.6 Å². The minimum absolute atomic E-state index is 0.121. The van der Waals surface area contributed by atoms with Gasteiger partial charge >= 0.3 is 0 Å². The number of carbonyl (C=O) groups excluding carboxylic acids is 7. The number of nitrogens with one attached hydrogen (secondary N) is 6. The lowest BCUT2D eigenvalue weighted by Gasteiger charge is -2.33. The van der Waals surface area contributed by atoms with Crippen LogP contribution < -0.4 is 37.6 Å². The number of rotatable bonds is 6. The Kier molecular flexibility index (Phi) is 14.4. The van der Waals surface area contributed by atoms with E-state index in [0.29, 0.717) is 16.3 Å². The molecule has 0 aromatic heterocycles. The molecule has 4 unspecified atom stereocenters. The quantitative estimate of drug-likeness (QED) is 0.135. The van der Waals surface area contributed by atoms with E-state index in [1.54, 1.807) is 24.3 Å². The van der Waals surface area contributed by atoms with Crippen molar-refractivity contribution in [1.29, 1.82) is 0 Å². The van der Waals surface area contributed by atoms with E-state index in [0.717, 1.165) is 16.7 Å². The topological polar surface area (TPSA) is 294 Å². The molecule has 0 aliphatic carbocycles. The molecule has 20 heteroatoms. The van der Waals surface area contributed by atoms with Crippen molar-refractivity contribution in [3.8, 4) is 0 Å². The minimum atomic E-state index is -1.67. The zero-order valence-corrected chi connectivity index (χ0v) is 32.1. The summed E-state index contributed by atoms with van der Waals surface area (Å²) in [6.45, 7) is 5.41. The first-order chi connectivity index (χ1) is 25.9.